The van der Waals surface area contributed by atoms with E-state index in [0.29, 0.717) is 0 Å². The normalized spacial score (nSPS) is 8.87. The molecule has 1 rings (SSSR count). The second-order valence-electron chi connectivity index (χ2n) is 2.88. The van der Waals surface area contributed by atoms with E-state index < -0.39 is 0 Å². The van der Waals surface area contributed by atoms with Crippen LogP contribution in [0.25, 0.3) is 0 Å². The van der Waals surface area contributed by atoms with Crippen molar-refractivity contribution in [2.24, 2.45) is 0 Å². The summed E-state index contributed by atoms with van der Waals surface area (Å²) >= 11 is 0. The first-order valence-corrected chi connectivity index (χ1v) is 4.35. The molecule has 4 nitrogen and oxygen atoms in total. The molecule has 3 N–H and O–H groups in total. The van der Waals surface area contributed by atoms with Crippen molar-refractivity contribution in [2.75, 3.05) is 6.54 Å². The Balaban J connectivity index is 2.75. The van der Waals surface area contributed by atoms with Gasteiger partial charge in [-0.1, -0.05) is 17.9 Å². The second kappa shape index (κ2) is 4.91. The zero-order valence-electron chi connectivity index (χ0n) is 8.24. The van der Waals surface area contributed by atoms with E-state index in [1.165, 1.54) is 25.1 Å². The van der Waals surface area contributed by atoms with Crippen molar-refractivity contribution in [3.8, 4) is 23.3 Å². The van der Waals surface area contributed by atoms with Gasteiger partial charge in [-0.15, -0.1) is 0 Å². The number of nitrogens with one attached hydrogen (secondary N) is 1. The summed E-state index contributed by atoms with van der Waals surface area (Å²) in [7, 11) is 0. The van der Waals surface area contributed by atoms with E-state index in [9.17, 15) is 15.0 Å². The standard InChI is InChI=1S/C11H11NO3/c1-8(13)12-7-3-4-9-10(14)5-2-6-11(9)15/h2,5-6,14-15H,7H2,1H3,(H,12,13). The van der Waals surface area contributed by atoms with Crippen molar-refractivity contribution in [1.82, 2.24) is 5.32 Å². The lowest BCUT2D eigenvalue weighted by molar-refractivity contribution is -0.118. The van der Waals surface area contributed by atoms with Crippen LogP contribution in [0.5, 0.6) is 11.5 Å². The molecule has 0 unspecified atom stereocenters. The van der Waals surface area contributed by atoms with Gasteiger partial charge in [0.2, 0.25) is 5.91 Å². The summed E-state index contributed by atoms with van der Waals surface area (Å²) in [4.78, 5) is 10.5. The molecule has 0 saturated heterocycles. The van der Waals surface area contributed by atoms with Gasteiger partial charge < -0.3 is 15.5 Å². The van der Waals surface area contributed by atoms with Gasteiger partial charge in [0.25, 0.3) is 0 Å². The van der Waals surface area contributed by atoms with Gasteiger partial charge in [-0.25, -0.2) is 0 Å². The molecule has 0 atom stereocenters. The Bertz CT molecular complexity index is 409. The van der Waals surface area contributed by atoms with Gasteiger partial charge in [-0.05, 0) is 12.1 Å². The van der Waals surface area contributed by atoms with Crippen LogP contribution in [0.1, 0.15) is 12.5 Å². The molecule has 1 aromatic rings. The first kappa shape index (κ1) is 10.9. The monoisotopic (exact) mass is 205 g/mol. The molecule has 1 aromatic carbocycles. The molecule has 0 fully saturated rings. The summed E-state index contributed by atoms with van der Waals surface area (Å²) in [6, 6.07) is 4.38. The predicted octanol–water partition coefficient (Wildman–Crippen LogP) is 0.585. The van der Waals surface area contributed by atoms with E-state index in [-0.39, 0.29) is 29.5 Å². The molecule has 0 saturated carbocycles. The molecule has 0 bridgehead atoms. The van der Waals surface area contributed by atoms with Crippen molar-refractivity contribution in [3.63, 3.8) is 0 Å². The molecule has 15 heavy (non-hydrogen) atoms. The zero-order valence-corrected chi connectivity index (χ0v) is 8.24. The number of phenolic OH excluding ortho intramolecular Hbond substituents is 2. The molecule has 0 aliphatic rings. The van der Waals surface area contributed by atoms with E-state index in [0.717, 1.165) is 0 Å². The summed E-state index contributed by atoms with van der Waals surface area (Å²) in [6.45, 7) is 1.57. The smallest absolute Gasteiger partial charge is 0.217 e. The van der Waals surface area contributed by atoms with Gasteiger partial charge in [-0.3, -0.25) is 4.79 Å². The highest BCUT2D eigenvalue weighted by molar-refractivity contribution is 5.73. The first-order valence-electron chi connectivity index (χ1n) is 4.35. The van der Waals surface area contributed by atoms with E-state index >= 15 is 0 Å². The van der Waals surface area contributed by atoms with Crippen molar-refractivity contribution in [1.29, 1.82) is 0 Å². The highest BCUT2D eigenvalue weighted by Gasteiger charge is 2.01. The van der Waals surface area contributed by atoms with Gasteiger partial charge in [0.15, 0.2) is 0 Å². The fourth-order valence-electron chi connectivity index (χ4n) is 0.958. The first-order chi connectivity index (χ1) is 7.11. The Morgan fingerprint density at radius 3 is 2.53 bits per heavy atom. The number of carbonyl (C=O) groups excluding carboxylic acids is 1. The number of benzene rings is 1. The lowest BCUT2D eigenvalue weighted by Gasteiger charge is -1.98. The van der Waals surface area contributed by atoms with E-state index in [1.807, 2.05) is 0 Å². The highest BCUT2D eigenvalue weighted by atomic mass is 16.3. The maximum absolute atomic E-state index is 10.5. The van der Waals surface area contributed by atoms with Crippen LogP contribution in [-0.4, -0.2) is 22.7 Å². The minimum atomic E-state index is -0.175. The summed E-state index contributed by atoms with van der Waals surface area (Å²) < 4.78 is 0. The minimum Gasteiger partial charge on any atom is -0.507 e. The SMILES string of the molecule is CC(=O)NCC#Cc1c(O)cccc1O. The van der Waals surface area contributed by atoms with Crippen LogP contribution in [0.2, 0.25) is 0 Å². The fraction of sp³-hybridized carbons (Fsp3) is 0.182. The number of hydrogen-bond donors (Lipinski definition) is 3. The molecule has 78 valence electrons. The number of carbonyl (C=O) groups is 1. The Hall–Kier alpha value is -2.15. The van der Waals surface area contributed by atoms with Gasteiger partial charge >= 0.3 is 0 Å². The Morgan fingerprint density at radius 2 is 2.00 bits per heavy atom. The van der Waals surface area contributed by atoms with Crippen molar-refractivity contribution in [3.05, 3.63) is 23.8 Å². The van der Waals surface area contributed by atoms with Crippen LogP contribution in [0, 0.1) is 11.8 Å². The maximum atomic E-state index is 10.5. The Labute approximate surface area is 87.6 Å². The molecule has 0 aliphatic carbocycles. The summed E-state index contributed by atoms with van der Waals surface area (Å²) in [5.41, 5.74) is 0.169. The predicted molar refractivity (Wildman–Crippen MR) is 55.3 cm³/mol. The molecule has 0 aromatic heterocycles. The lowest BCUT2D eigenvalue weighted by atomic mass is 10.2. The number of rotatable bonds is 1. The van der Waals surface area contributed by atoms with Crippen molar-refractivity contribution < 1.29 is 15.0 Å². The molecular formula is C11H11NO3. The van der Waals surface area contributed by atoms with Gasteiger partial charge in [0.1, 0.15) is 17.1 Å². The Kier molecular flexibility index (Phi) is 3.58. The largest absolute Gasteiger partial charge is 0.507 e. The third-order valence-corrected chi connectivity index (χ3v) is 1.66. The van der Waals surface area contributed by atoms with Crippen LogP contribution in [0.15, 0.2) is 18.2 Å². The molecule has 0 aliphatic heterocycles. The molecule has 1 amide bonds. The summed E-state index contributed by atoms with van der Waals surface area (Å²) in [6.07, 6.45) is 0. The van der Waals surface area contributed by atoms with E-state index in [1.54, 1.807) is 0 Å². The van der Waals surface area contributed by atoms with E-state index in [2.05, 4.69) is 17.2 Å². The van der Waals surface area contributed by atoms with Crippen molar-refractivity contribution >= 4 is 5.91 Å². The minimum absolute atomic E-state index is 0.0784. The van der Waals surface area contributed by atoms with Crippen LogP contribution in [-0.2, 0) is 4.79 Å². The van der Waals surface area contributed by atoms with Crippen LogP contribution in [0.3, 0.4) is 0 Å². The van der Waals surface area contributed by atoms with Gasteiger partial charge in [0.05, 0.1) is 6.54 Å². The fourth-order valence-corrected chi connectivity index (χ4v) is 0.958. The van der Waals surface area contributed by atoms with E-state index in [4.69, 9.17) is 0 Å². The number of phenols is 2. The van der Waals surface area contributed by atoms with Crippen LogP contribution < -0.4 is 5.32 Å². The zero-order chi connectivity index (χ0) is 11.3. The average molecular weight is 205 g/mol. The summed E-state index contributed by atoms with van der Waals surface area (Å²) in [5.74, 6) is 4.85. The molecular weight excluding hydrogens is 194 g/mol. The molecule has 0 radical (unpaired) electrons. The third-order valence-electron chi connectivity index (χ3n) is 1.66. The lowest BCUT2D eigenvalue weighted by Crippen LogP contribution is -2.19. The quantitative estimate of drug-likeness (QED) is 0.587. The average Bonchev–Trinajstić information content (AvgIpc) is 2.15. The molecule has 0 heterocycles. The van der Waals surface area contributed by atoms with Crippen LogP contribution >= 0.6 is 0 Å². The molecule has 0 spiro atoms. The second-order valence-corrected chi connectivity index (χ2v) is 2.88. The third kappa shape index (κ3) is 3.24. The topological polar surface area (TPSA) is 69.6 Å². The number of hydrogen-bond acceptors (Lipinski definition) is 3. The summed E-state index contributed by atoms with van der Waals surface area (Å²) in [5, 5.41) is 21.2. The molecule has 4 heteroatoms. The van der Waals surface area contributed by atoms with Gasteiger partial charge in [0, 0.05) is 6.92 Å². The van der Waals surface area contributed by atoms with Crippen molar-refractivity contribution in [2.45, 2.75) is 6.92 Å². The Morgan fingerprint density at radius 1 is 1.40 bits per heavy atom. The highest BCUT2D eigenvalue weighted by Crippen LogP contribution is 2.24. The number of aromatic hydroxyl groups is 2. The van der Waals surface area contributed by atoms with Crippen LogP contribution in [0.4, 0.5) is 0 Å². The number of amides is 1. The van der Waals surface area contributed by atoms with Gasteiger partial charge in [-0.2, -0.15) is 0 Å². The maximum Gasteiger partial charge on any atom is 0.217 e.